The van der Waals surface area contributed by atoms with E-state index in [0.29, 0.717) is 22.9 Å². The number of benzene rings is 4. The molecule has 8 nitrogen and oxygen atoms in total. The van der Waals surface area contributed by atoms with Crippen molar-refractivity contribution < 1.29 is 29.0 Å². The molecule has 0 fully saturated rings. The van der Waals surface area contributed by atoms with Crippen LogP contribution in [0.3, 0.4) is 0 Å². The zero-order chi connectivity index (χ0) is 31.0. The van der Waals surface area contributed by atoms with Crippen LogP contribution in [0.4, 0.5) is 11.4 Å². The molecule has 0 saturated heterocycles. The van der Waals surface area contributed by atoms with Crippen LogP contribution < -0.4 is 19.3 Å². The van der Waals surface area contributed by atoms with Gasteiger partial charge in [0.05, 0.1) is 25.6 Å². The number of nitrogens with zero attached hydrogens (tertiary/aromatic N) is 2. The second-order valence-corrected chi connectivity index (χ2v) is 10.7. The van der Waals surface area contributed by atoms with Gasteiger partial charge in [0.2, 0.25) is 0 Å². The first-order valence-corrected chi connectivity index (χ1v) is 14.0. The molecule has 2 unspecified atom stereocenters. The molecule has 0 saturated carbocycles. The lowest BCUT2D eigenvalue weighted by Gasteiger charge is -2.34. The number of aliphatic hydroxyl groups excluding tert-OH is 1. The number of carbonyl (C=O) groups is 3. The number of imide groups is 1. The first-order chi connectivity index (χ1) is 21.3. The van der Waals surface area contributed by atoms with Crippen LogP contribution in [0.1, 0.15) is 23.6 Å². The van der Waals surface area contributed by atoms with E-state index in [9.17, 15) is 19.5 Å². The topological polar surface area (TPSA) is 96.4 Å². The molecule has 4 aromatic rings. The third-order valence-electron chi connectivity index (χ3n) is 8.31. The largest absolute Gasteiger partial charge is 0.495 e. The lowest BCUT2D eigenvalue weighted by atomic mass is 9.70. The van der Waals surface area contributed by atoms with Crippen LogP contribution in [0.5, 0.6) is 11.5 Å². The molecule has 2 aliphatic heterocycles. The summed E-state index contributed by atoms with van der Waals surface area (Å²) < 4.78 is 11.5. The Morgan fingerprint density at radius 2 is 1.16 bits per heavy atom. The molecule has 1 N–H and O–H groups in total. The molecule has 4 aromatic carbocycles. The van der Waals surface area contributed by atoms with Gasteiger partial charge in [-0.1, -0.05) is 66.7 Å². The predicted molar refractivity (Wildman–Crippen MR) is 168 cm³/mol. The van der Waals surface area contributed by atoms with Crippen molar-refractivity contribution in [2.24, 2.45) is 0 Å². The molecule has 2 atom stereocenters. The van der Waals surface area contributed by atoms with E-state index in [4.69, 9.17) is 9.47 Å². The van der Waals surface area contributed by atoms with Gasteiger partial charge >= 0.3 is 0 Å². The summed E-state index contributed by atoms with van der Waals surface area (Å²) >= 11 is 0. The summed E-state index contributed by atoms with van der Waals surface area (Å²) in [6.07, 6.45) is 4.13. The fraction of sp³-hybridized carbons (Fsp3) is 0.139. The van der Waals surface area contributed by atoms with E-state index in [1.54, 1.807) is 12.1 Å². The van der Waals surface area contributed by atoms with Crippen molar-refractivity contribution >= 4 is 29.1 Å². The van der Waals surface area contributed by atoms with Crippen molar-refractivity contribution in [2.75, 3.05) is 24.0 Å². The Kier molecular flexibility index (Phi) is 7.36. The molecule has 0 spiro atoms. The highest BCUT2D eigenvalue weighted by atomic mass is 16.5. The van der Waals surface area contributed by atoms with Gasteiger partial charge in [-0.25, -0.2) is 4.90 Å². The number of aliphatic hydroxyl groups is 1. The van der Waals surface area contributed by atoms with Gasteiger partial charge in [0, 0.05) is 23.6 Å². The maximum absolute atomic E-state index is 12.5. The normalized spacial score (nSPS) is 17.4. The van der Waals surface area contributed by atoms with E-state index in [2.05, 4.69) is 43.3 Å². The molecule has 0 aromatic heterocycles. The van der Waals surface area contributed by atoms with E-state index in [0.717, 1.165) is 32.7 Å². The number of carbonyl (C=O) groups excluding carboxylic acids is 3. The Hall–Kier alpha value is -5.47. The molecule has 0 bridgehead atoms. The molecular weight excluding hydrogens is 556 g/mol. The molecule has 3 amide bonds. The predicted octanol–water partition coefficient (Wildman–Crippen LogP) is 5.38. The Morgan fingerprint density at radius 1 is 0.636 bits per heavy atom. The zero-order valence-corrected chi connectivity index (χ0v) is 24.4. The van der Waals surface area contributed by atoms with Crippen LogP contribution >= 0.6 is 0 Å². The third kappa shape index (κ3) is 4.75. The number of methoxy groups -OCH3 is 2. The van der Waals surface area contributed by atoms with E-state index in [1.807, 2.05) is 42.5 Å². The average molecular weight is 587 g/mol. The van der Waals surface area contributed by atoms with Gasteiger partial charge in [0.15, 0.2) is 6.23 Å². The SMILES string of the molecule is COc1cc(C(C)(c2ccc(-c3ccccc3)cc2)c2ccc(N3C(=O)C=CC3O)c(OC)c2)ccc1N1C(=O)C=CC1=O. The monoisotopic (exact) mass is 586 g/mol. The van der Waals surface area contributed by atoms with Gasteiger partial charge in [-0.2, -0.15) is 0 Å². The highest BCUT2D eigenvalue weighted by Crippen LogP contribution is 2.45. The van der Waals surface area contributed by atoms with Gasteiger partial charge in [0.25, 0.3) is 17.7 Å². The van der Waals surface area contributed by atoms with Crippen LogP contribution in [-0.2, 0) is 19.8 Å². The van der Waals surface area contributed by atoms with Crippen molar-refractivity contribution in [2.45, 2.75) is 18.6 Å². The summed E-state index contributed by atoms with van der Waals surface area (Å²) in [6.45, 7) is 2.07. The minimum Gasteiger partial charge on any atom is -0.495 e. The van der Waals surface area contributed by atoms with Gasteiger partial charge in [-0.05, 0) is 65.1 Å². The van der Waals surface area contributed by atoms with Gasteiger partial charge < -0.3 is 14.6 Å². The Bertz CT molecular complexity index is 1810. The molecule has 220 valence electrons. The second kappa shape index (κ2) is 11.3. The van der Waals surface area contributed by atoms with Gasteiger partial charge in [-0.3, -0.25) is 19.3 Å². The summed E-state index contributed by atoms with van der Waals surface area (Å²) in [4.78, 5) is 39.9. The third-order valence-corrected chi connectivity index (χ3v) is 8.31. The molecule has 2 heterocycles. The molecular formula is C36H30N2O6. The summed E-state index contributed by atoms with van der Waals surface area (Å²) in [5.74, 6) is -0.444. The van der Waals surface area contributed by atoms with Crippen molar-refractivity contribution in [1.29, 1.82) is 0 Å². The maximum atomic E-state index is 12.5. The highest BCUT2D eigenvalue weighted by molar-refractivity contribution is 6.28. The molecule has 44 heavy (non-hydrogen) atoms. The molecule has 0 radical (unpaired) electrons. The number of hydrogen-bond donors (Lipinski definition) is 1. The fourth-order valence-corrected chi connectivity index (χ4v) is 5.85. The first kappa shape index (κ1) is 28.6. The summed E-state index contributed by atoms with van der Waals surface area (Å²) in [5, 5.41) is 10.4. The summed E-state index contributed by atoms with van der Waals surface area (Å²) in [5.41, 5.74) is 4.76. The lowest BCUT2D eigenvalue weighted by molar-refractivity contribution is -0.120. The summed E-state index contributed by atoms with van der Waals surface area (Å²) in [6, 6.07) is 29.3. The lowest BCUT2D eigenvalue weighted by Crippen LogP contribution is -2.34. The minimum atomic E-state index is -1.10. The van der Waals surface area contributed by atoms with Crippen molar-refractivity contribution in [3.05, 3.63) is 132 Å². The molecule has 2 aliphatic rings. The Balaban J connectivity index is 1.51. The number of rotatable bonds is 8. The van der Waals surface area contributed by atoms with Crippen LogP contribution in [0, 0.1) is 0 Å². The van der Waals surface area contributed by atoms with E-state index < -0.39 is 23.5 Å². The van der Waals surface area contributed by atoms with Crippen molar-refractivity contribution in [3.63, 3.8) is 0 Å². The number of hydrogen-bond acceptors (Lipinski definition) is 6. The van der Waals surface area contributed by atoms with E-state index >= 15 is 0 Å². The smallest absolute Gasteiger partial charge is 0.258 e. The summed E-state index contributed by atoms with van der Waals surface area (Å²) in [7, 11) is 3.02. The quantitative estimate of drug-likeness (QED) is 0.220. The highest BCUT2D eigenvalue weighted by Gasteiger charge is 2.36. The number of anilines is 2. The van der Waals surface area contributed by atoms with Crippen molar-refractivity contribution in [3.8, 4) is 22.6 Å². The average Bonchev–Trinajstić information content (AvgIpc) is 3.58. The number of ether oxygens (including phenoxy) is 2. The Labute approximate surface area is 255 Å². The second-order valence-electron chi connectivity index (χ2n) is 10.7. The van der Waals surface area contributed by atoms with E-state index in [-0.39, 0.29) is 5.91 Å². The Morgan fingerprint density at radius 3 is 1.70 bits per heavy atom. The van der Waals surface area contributed by atoms with E-state index in [1.165, 1.54) is 43.4 Å². The molecule has 6 rings (SSSR count). The first-order valence-electron chi connectivity index (χ1n) is 14.0. The molecule has 0 aliphatic carbocycles. The van der Waals surface area contributed by atoms with Crippen molar-refractivity contribution in [1.82, 2.24) is 0 Å². The zero-order valence-electron chi connectivity index (χ0n) is 24.4. The van der Waals surface area contributed by atoms with Gasteiger partial charge in [0.1, 0.15) is 11.5 Å². The standard InChI is InChI=1S/C36H30N2O6/c1-36(25-11-9-24(10-12-25)23-7-5-4-6-8-23,26-13-15-28(30(21-26)43-2)37-32(39)17-18-33(37)40)27-14-16-29(31(22-27)44-3)38-34(41)19-20-35(38)42/h4-22,32,39H,1-3H3. The van der Waals surface area contributed by atoms with Gasteiger partial charge in [-0.15, -0.1) is 0 Å². The van der Waals surface area contributed by atoms with Crippen LogP contribution in [-0.4, -0.2) is 43.3 Å². The maximum Gasteiger partial charge on any atom is 0.258 e. The van der Waals surface area contributed by atoms with Crippen LogP contribution in [0.15, 0.2) is 115 Å². The van der Waals surface area contributed by atoms with Crippen LogP contribution in [0.25, 0.3) is 11.1 Å². The minimum absolute atomic E-state index is 0.344. The van der Waals surface area contributed by atoms with Crippen LogP contribution in [0.2, 0.25) is 0 Å². The number of amides is 3. The molecule has 8 heteroatoms. The fourth-order valence-electron chi connectivity index (χ4n) is 5.85.